The molecule has 0 aliphatic heterocycles. The Hall–Kier alpha value is -2.35. The van der Waals surface area contributed by atoms with Crippen LogP contribution >= 0.6 is 0 Å². The molecule has 0 spiro atoms. The third-order valence-corrected chi connectivity index (χ3v) is 3.67. The zero-order valence-corrected chi connectivity index (χ0v) is 12.5. The third-order valence-electron chi connectivity index (χ3n) is 3.67. The summed E-state index contributed by atoms with van der Waals surface area (Å²) < 4.78 is 0. The molecule has 21 heavy (non-hydrogen) atoms. The standard InChI is InChI=1S/C19H18BN/c1-21(2)17-13-14-20-19(16-11-7-4-8-12-16)18(17)15-9-5-3-6-10-15/h3-14H,1-2H3. The van der Waals surface area contributed by atoms with Crippen LogP contribution in [0.1, 0.15) is 0 Å². The quantitative estimate of drug-likeness (QED) is 0.681. The van der Waals surface area contributed by atoms with Crippen LogP contribution < -0.4 is 4.90 Å². The monoisotopic (exact) mass is 271 g/mol. The molecule has 0 unspecified atom stereocenters. The van der Waals surface area contributed by atoms with Crippen molar-refractivity contribution in [1.29, 1.82) is 0 Å². The molecule has 1 aromatic heterocycles. The minimum absolute atomic E-state index is 1.24. The third kappa shape index (κ3) is 2.75. The van der Waals surface area contributed by atoms with Crippen molar-refractivity contribution in [3.63, 3.8) is 0 Å². The van der Waals surface area contributed by atoms with Gasteiger partial charge in [0.25, 0.3) is 0 Å². The van der Waals surface area contributed by atoms with Crippen molar-refractivity contribution in [2.45, 2.75) is 0 Å². The first kappa shape index (κ1) is 13.6. The van der Waals surface area contributed by atoms with Gasteiger partial charge in [-0.05, 0) is 0 Å². The molecule has 0 aliphatic carbocycles. The molecule has 3 aromatic rings. The topological polar surface area (TPSA) is 3.24 Å². The molecule has 0 saturated carbocycles. The molecule has 0 fully saturated rings. The molecule has 102 valence electrons. The minimum atomic E-state index is 1.24. The van der Waals surface area contributed by atoms with Gasteiger partial charge in [0.1, 0.15) is 0 Å². The van der Waals surface area contributed by atoms with Crippen LogP contribution in [-0.4, -0.2) is 21.0 Å². The van der Waals surface area contributed by atoms with Gasteiger partial charge >= 0.3 is 126 Å². The van der Waals surface area contributed by atoms with Gasteiger partial charge in [-0.2, -0.15) is 0 Å². The molecule has 0 saturated heterocycles. The summed E-state index contributed by atoms with van der Waals surface area (Å²) in [7, 11) is 4.19. The van der Waals surface area contributed by atoms with Crippen LogP contribution in [0.25, 0.3) is 22.1 Å². The molecule has 1 heterocycles. The van der Waals surface area contributed by atoms with Crippen LogP contribution in [0.4, 0.5) is 5.69 Å². The average molecular weight is 271 g/mol. The fraction of sp³-hybridized carbons (Fsp3) is 0.105. The first-order valence-corrected chi connectivity index (χ1v) is 7.18. The number of hydrogen-bond acceptors (Lipinski definition) is 1. The van der Waals surface area contributed by atoms with Gasteiger partial charge in [0.15, 0.2) is 0 Å². The molecule has 0 radical (unpaired) electrons. The predicted molar refractivity (Wildman–Crippen MR) is 93.0 cm³/mol. The van der Waals surface area contributed by atoms with Gasteiger partial charge in [-0.1, -0.05) is 0 Å². The summed E-state index contributed by atoms with van der Waals surface area (Å²) in [4.78, 5) is 2.18. The van der Waals surface area contributed by atoms with Crippen LogP contribution in [-0.2, 0) is 0 Å². The number of rotatable bonds is 3. The van der Waals surface area contributed by atoms with Gasteiger partial charge in [0.2, 0.25) is 0 Å². The van der Waals surface area contributed by atoms with Crippen molar-refractivity contribution in [3.05, 3.63) is 72.7 Å². The van der Waals surface area contributed by atoms with E-state index in [1.807, 2.05) is 0 Å². The fourth-order valence-electron chi connectivity index (χ4n) is 2.68. The van der Waals surface area contributed by atoms with E-state index in [9.17, 15) is 0 Å². The Morgan fingerprint density at radius 1 is 0.714 bits per heavy atom. The Labute approximate surface area is 127 Å². The molecule has 0 amide bonds. The number of hydrogen-bond donors (Lipinski definition) is 0. The number of nitrogens with zero attached hydrogens (tertiary/aromatic N) is 1. The molecule has 2 heteroatoms. The van der Waals surface area contributed by atoms with E-state index >= 15 is 0 Å². The maximum absolute atomic E-state index is 2.20. The maximum atomic E-state index is 2.20. The van der Waals surface area contributed by atoms with Gasteiger partial charge in [0.05, 0.1) is 0 Å². The van der Waals surface area contributed by atoms with E-state index in [1.54, 1.807) is 0 Å². The Bertz CT molecular complexity index is 721. The first-order valence-electron chi connectivity index (χ1n) is 7.18. The van der Waals surface area contributed by atoms with E-state index in [0.717, 1.165) is 0 Å². The molecule has 0 aliphatic rings. The molecular weight excluding hydrogens is 253 g/mol. The molecular formula is C19H18BN. The molecule has 3 rings (SSSR count). The van der Waals surface area contributed by atoms with E-state index in [-0.39, 0.29) is 0 Å². The van der Waals surface area contributed by atoms with Gasteiger partial charge in [-0.3, -0.25) is 0 Å². The first-order chi connectivity index (χ1) is 10.3. The molecule has 0 N–H and O–H groups in total. The van der Waals surface area contributed by atoms with E-state index in [0.29, 0.717) is 0 Å². The van der Waals surface area contributed by atoms with Gasteiger partial charge < -0.3 is 0 Å². The number of benzene rings is 2. The Balaban J connectivity index is 2.28. The van der Waals surface area contributed by atoms with Gasteiger partial charge in [0, 0.05) is 0 Å². The zero-order chi connectivity index (χ0) is 14.7. The summed E-state index contributed by atoms with van der Waals surface area (Å²) in [5.41, 5.74) is 6.30. The van der Waals surface area contributed by atoms with Crippen LogP contribution in [0.5, 0.6) is 0 Å². The summed E-state index contributed by atoms with van der Waals surface area (Å²) >= 11 is 0. The second-order valence-corrected chi connectivity index (χ2v) is 5.33. The van der Waals surface area contributed by atoms with E-state index in [2.05, 4.69) is 98.6 Å². The van der Waals surface area contributed by atoms with Gasteiger partial charge in [-0.25, -0.2) is 0 Å². The normalized spacial score (nSPS) is 10.2. The predicted octanol–water partition coefficient (Wildman–Crippen LogP) is 4.42. The molecule has 0 bridgehead atoms. The summed E-state index contributed by atoms with van der Waals surface area (Å²) in [5.74, 6) is 2.13. The SMILES string of the molecule is CN(C)c1ccbc(-c2ccccc2)c1-c1ccccc1. The van der Waals surface area contributed by atoms with Crippen LogP contribution in [0.3, 0.4) is 0 Å². The van der Waals surface area contributed by atoms with Gasteiger partial charge in [-0.15, -0.1) is 0 Å². The molecule has 1 nitrogen and oxygen atoms in total. The van der Waals surface area contributed by atoms with Crippen molar-refractivity contribution in [1.82, 2.24) is 0 Å². The van der Waals surface area contributed by atoms with Crippen molar-refractivity contribution in [3.8, 4) is 22.1 Å². The number of anilines is 1. The molecule has 0 atom stereocenters. The average Bonchev–Trinajstić information content (AvgIpc) is 2.55. The van der Waals surface area contributed by atoms with E-state index in [4.69, 9.17) is 0 Å². The Morgan fingerprint density at radius 3 is 1.86 bits per heavy atom. The van der Waals surface area contributed by atoms with Crippen molar-refractivity contribution in [2.24, 2.45) is 0 Å². The molecule has 2 aromatic carbocycles. The second-order valence-electron chi connectivity index (χ2n) is 5.33. The van der Waals surface area contributed by atoms with Crippen LogP contribution in [0, 0.1) is 0 Å². The summed E-state index contributed by atoms with van der Waals surface area (Å²) in [6, 6.07) is 23.3. The van der Waals surface area contributed by atoms with E-state index in [1.165, 1.54) is 27.8 Å². The van der Waals surface area contributed by atoms with E-state index < -0.39 is 0 Å². The Kier molecular flexibility index (Phi) is 3.87. The van der Waals surface area contributed by atoms with Crippen molar-refractivity contribution in [2.75, 3.05) is 19.0 Å². The zero-order valence-electron chi connectivity index (χ0n) is 12.5. The Morgan fingerprint density at radius 2 is 1.29 bits per heavy atom. The summed E-state index contributed by atoms with van der Waals surface area (Å²) in [5, 5.41) is 0. The van der Waals surface area contributed by atoms with Crippen molar-refractivity contribution >= 4 is 12.6 Å². The second kappa shape index (κ2) is 5.96. The van der Waals surface area contributed by atoms with Crippen LogP contribution in [0.15, 0.2) is 72.7 Å². The summed E-state index contributed by atoms with van der Waals surface area (Å²) in [6.07, 6.45) is 0. The fourth-order valence-corrected chi connectivity index (χ4v) is 2.68. The van der Waals surface area contributed by atoms with Crippen LogP contribution in [0.2, 0.25) is 0 Å². The summed E-state index contributed by atoms with van der Waals surface area (Å²) in [6.45, 7) is 2.20. The van der Waals surface area contributed by atoms with Crippen molar-refractivity contribution < 1.29 is 0 Å².